The fourth-order valence-electron chi connectivity index (χ4n) is 2.40. The van der Waals surface area contributed by atoms with Crippen LogP contribution in [0.3, 0.4) is 0 Å². The van der Waals surface area contributed by atoms with E-state index < -0.39 is 0 Å². The number of nitrogens with zero attached hydrogens (tertiary/aromatic N) is 2. The third-order valence-corrected chi connectivity index (χ3v) is 3.23. The molecule has 2 rings (SSSR count). The Hall–Kier alpha value is -1.65. The fourth-order valence-corrected chi connectivity index (χ4v) is 2.40. The minimum atomic E-state index is -0.0617. The van der Waals surface area contributed by atoms with Gasteiger partial charge in [0.05, 0.1) is 30.6 Å². The first-order chi connectivity index (χ1) is 8.79. The van der Waals surface area contributed by atoms with E-state index in [2.05, 4.69) is 15.3 Å². The molecule has 1 N–H and O–H groups in total. The van der Waals surface area contributed by atoms with Crippen LogP contribution in [0.15, 0.2) is 18.7 Å². The van der Waals surface area contributed by atoms with E-state index in [4.69, 9.17) is 4.74 Å². The van der Waals surface area contributed by atoms with Crippen molar-refractivity contribution in [2.45, 2.75) is 38.6 Å². The predicted octanol–water partition coefficient (Wildman–Crippen LogP) is 2.01. The van der Waals surface area contributed by atoms with Crippen molar-refractivity contribution in [3.8, 4) is 0 Å². The molecule has 0 aromatic carbocycles. The average Bonchev–Trinajstić information content (AvgIpc) is 2.40. The van der Waals surface area contributed by atoms with Gasteiger partial charge in [-0.05, 0) is 26.2 Å². The molecule has 1 aromatic rings. The maximum Gasteiger partial charge on any atom is 0.308 e. The lowest BCUT2D eigenvalue weighted by Crippen LogP contribution is -2.32. The van der Waals surface area contributed by atoms with Gasteiger partial charge in [0, 0.05) is 6.04 Å². The topological polar surface area (TPSA) is 64.1 Å². The quantitative estimate of drug-likeness (QED) is 0.827. The number of anilines is 1. The van der Waals surface area contributed by atoms with E-state index in [-0.39, 0.29) is 11.9 Å². The van der Waals surface area contributed by atoms with E-state index in [0.29, 0.717) is 12.6 Å². The number of rotatable bonds is 4. The van der Waals surface area contributed by atoms with E-state index in [1.54, 1.807) is 12.4 Å². The van der Waals surface area contributed by atoms with Crippen LogP contribution in [0, 0.1) is 5.92 Å². The summed E-state index contributed by atoms with van der Waals surface area (Å²) in [5.74, 6) is -0.0332. The van der Waals surface area contributed by atoms with Gasteiger partial charge in [-0.25, -0.2) is 9.97 Å². The van der Waals surface area contributed by atoms with Crippen LogP contribution >= 0.6 is 0 Å². The molecule has 1 aliphatic rings. The lowest BCUT2D eigenvalue weighted by molar-refractivity contribution is -0.149. The van der Waals surface area contributed by atoms with Gasteiger partial charge >= 0.3 is 5.97 Å². The van der Waals surface area contributed by atoms with Gasteiger partial charge in [0.25, 0.3) is 0 Å². The molecular weight excluding hydrogens is 230 g/mol. The largest absolute Gasteiger partial charge is 0.466 e. The monoisotopic (exact) mass is 249 g/mol. The molecule has 18 heavy (non-hydrogen) atoms. The number of hydrogen-bond donors (Lipinski definition) is 1. The molecule has 1 saturated carbocycles. The Kier molecular flexibility index (Phi) is 4.50. The summed E-state index contributed by atoms with van der Waals surface area (Å²) in [6, 6.07) is 0.305. The van der Waals surface area contributed by atoms with Gasteiger partial charge < -0.3 is 10.1 Å². The molecule has 0 amide bonds. The maximum atomic E-state index is 11.7. The summed E-state index contributed by atoms with van der Waals surface area (Å²) in [6.07, 6.45) is 8.89. The number of hydrogen-bond acceptors (Lipinski definition) is 5. The minimum absolute atomic E-state index is 0.0285. The summed E-state index contributed by atoms with van der Waals surface area (Å²) in [6.45, 7) is 2.30. The molecule has 1 fully saturated rings. The number of nitrogens with one attached hydrogen (secondary N) is 1. The van der Waals surface area contributed by atoms with Crippen LogP contribution in [0.1, 0.15) is 32.6 Å². The predicted molar refractivity (Wildman–Crippen MR) is 68.0 cm³/mol. The highest BCUT2D eigenvalue weighted by molar-refractivity contribution is 5.72. The highest BCUT2D eigenvalue weighted by Gasteiger charge is 2.28. The first kappa shape index (κ1) is 12.8. The van der Waals surface area contributed by atoms with Crippen molar-refractivity contribution in [1.29, 1.82) is 0 Å². The third-order valence-electron chi connectivity index (χ3n) is 3.23. The molecule has 0 spiro atoms. The summed E-state index contributed by atoms with van der Waals surface area (Å²) in [5.41, 5.74) is 0.909. The van der Waals surface area contributed by atoms with Crippen LogP contribution < -0.4 is 5.32 Å². The van der Waals surface area contributed by atoms with Crippen molar-refractivity contribution in [2.75, 3.05) is 11.9 Å². The van der Waals surface area contributed by atoms with E-state index in [1.807, 2.05) is 6.92 Å². The van der Waals surface area contributed by atoms with Crippen LogP contribution in [0.4, 0.5) is 5.69 Å². The van der Waals surface area contributed by atoms with E-state index in [0.717, 1.165) is 31.4 Å². The second-order valence-electron chi connectivity index (χ2n) is 4.58. The first-order valence-corrected chi connectivity index (χ1v) is 6.47. The SMILES string of the molecule is CCOC(=O)C1CCCC(Nc2cncnc2)C1. The molecule has 98 valence electrons. The summed E-state index contributed by atoms with van der Waals surface area (Å²) in [7, 11) is 0. The van der Waals surface area contributed by atoms with Crippen molar-refractivity contribution in [3.05, 3.63) is 18.7 Å². The van der Waals surface area contributed by atoms with Crippen molar-refractivity contribution >= 4 is 11.7 Å². The van der Waals surface area contributed by atoms with Crippen LogP contribution in [-0.4, -0.2) is 28.6 Å². The fraction of sp³-hybridized carbons (Fsp3) is 0.615. The second kappa shape index (κ2) is 6.33. The van der Waals surface area contributed by atoms with Crippen LogP contribution in [0.5, 0.6) is 0 Å². The zero-order valence-corrected chi connectivity index (χ0v) is 10.6. The van der Waals surface area contributed by atoms with E-state index in [9.17, 15) is 4.79 Å². The molecule has 2 atom stereocenters. The minimum Gasteiger partial charge on any atom is -0.466 e. The Morgan fingerprint density at radius 2 is 2.22 bits per heavy atom. The normalized spacial score (nSPS) is 23.4. The number of esters is 1. The van der Waals surface area contributed by atoms with Gasteiger partial charge in [-0.15, -0.1) is 0 Å². The Morgan fingerprint density at radius 1 is 1.44 bits per heavy atom. The Labute approximate surface area is 107 Å². The van der Waals surface area contributed by atoms with Gasteiger partial charge in [0.2, 0.25) is 0 Å². The molecule has 5 heteroatoms. The molecule has 0 radical (unpaired) electrons. The molecule has 5 nitrogen and oxygen atoms in total. The molecule has 0 bridgehead atoms. The average molecular weight is 249 g/mol. The maximum absolute atomic E-state index is 11.7. The van der Waals surface area contributed by atoms with Gasteiger partial charge in [-0.3, -0.25) is 4.79 Å². The standard InChI is InChI=1S/C13H19N3O2/c1-2-18-13(17)10-4-3-5-11(6-10)16-12-7-14-9-15-8-12/h7-11,16H,2-6H2,1H3. The van der Waals surface area contributed by atoms with Crippen LogP contribution in [0.2, 0.25) is 0 Å². The first-order valence-electron chi connectivity index (χ1n) is 6.47. The molecule has 1 aromatic heterocycles. The molecule has 1 heterocycles. The number of carbonyl (C=O) groups excluding carboxylic acids is 1. The Balaban J connectivity index is 1.89. The zero-order valence-electron chi connectivity index (χ0n) is 10.6. The lowest BCUT2D eigenvalue weighted by Gasteiger charge is -2.28. The molecule has 0 saturated heterocycles. The smallest absolute Gasteiger partial charge is 0.308 e. The van der Waals surface area contributed by atoms with Gasteiger partial charge in [0.1, 0.15) is 6.33 Å². The summed E-state index contributed by atoms with van der Waals surface area (Å²) < 4.78 is 5.09. The third kappa shape index (κ3) is 3.42. The van der Waals surface area contributed by atoms with E-state index in [1.165, 1.54) is 6.33 Å². The summed E-state index contributed by atoms with van der Waals surface area (Å²) in [5, 5.41) is 3.38. The molecule has 1 aliphatic carbocycles. The van der Waals surface area contributed by atoms with Gasteiger partial charge in [-0.1, -0.05) is 6.42 Å². The highest BCUT2D eigenvalue weighted by Crippen LogP contribution is 2.27. The lowest BCUT2D eigenvalue weighted by atomic mass is 9.85. The second-order valence-corrected chi connectivity index (χ2v) is 4.58. The zero-order chi connectivity index (χ0) is 12.8. The Bertz CT molecular complexity index is 383. The van der Waals surface area contributed by atoms with Gasteiger partial charge in [0.15, 0.2) is 0 Å². The summed E-state index contributed by atoms with van der Waals surface area (Å²) >= 11 is 0. The van der Waals surface area contributed by atoms with Crippen molar-refractivity contribution in [3.63, 3.8) is 0 Å². The molecular formula is C13H19N3O2. The Morgan fingerprint density at radius 3 is 2.94 bits per heavy atom. The van der Waals surface area contributed by atoms with E-state index >= 15 is 0 Å². The van der Waals surface area contributed by atoms with Crippen molar-refractivity contribution < 1.29 is 9.53 Å². The molecule has 0 aliphatic heterocycles. The number of carbonyl (C=O) groups is 1. The van der Waals surface area contributed by atoms with Crippen molar-refractivity contribution in [1.82, 2.24) is 9.97 Å². The van der Waals surface area contributed by atoms with Gasteiger partial charge in [-0.2, -0.15) is 0 Å². The number of aromatic nitrogens is 2. The van der Waals surface area contributed by atoms with Crippen LogP contribution in [-0.2, 0) is 9.53 Å². The molecule has 2 unspecified atom stereocenters. The van der Waals surface area contributed by atoms with Crippen LogP contribution in [0.25, 0.3) is 0 Å². The van der Waals surface area contributed by atoms with Crippen molar-refractivity contribution in [2.24, 2.45) is 5.92 Å². The highest BCUT2D eigenvalue weighted by atomic mass is 16.5. The summed E-state index contributed by atoms with van der Waals surface area (Å²) in [4.78, 5) is 19.7. The number of ether oxygens (including phenoxy) is 1.